The number of anilines is 2. The average molecular weight is 443 g/mol. The van der Waals surface area contributed by atoms with Gasteiger partial charge in [0.2, 0.25) is 5.91 Å². The lowest BCUT2D eigenvalue weighted by atomic mass is 10.1. The monoisotopic (exact) mass is 442 g/mol. The predicted octanol–water partition coefficient (Wildman–Crippen LogP) is 4.32. The van der Waals surface area contributed by atoms with E-state index in [9.17, 15) is 14.0 Å². The topological polar surface area (TPSA) is 85.2 Å². The largest absolute Gasteiger partial charge is 0.378 e. The standard InChI is InChI=1S/C22H20ClFN4O3/c1-12-3-8-16(15(23)9-12)25-19(29)10-18-22(30)26-21-20(13-4-6-14(24)7-5-13)17(11-31-2)27-28(18)21/h3-9,18H,10-11H2,1-2H3,(H,25,29)(H,26,30). The van der Waals surface area contributed by atoms with E-state index in [1.54, 1.807) is 24.3 Å². The number of ether oxygens (including phenoxy) is 1. The molecule has 0 saturated heterocycles. The van der Waals surface area contributed by atoms with Gasteiger partial charge in [0, 0.05) is 12.7 Å². The number of rotatable bonds is 6. The molecule has 1 aliphatic rings. The number of carbonyl (C=O) groups excluding carboxylic acids is 2. The fourth-order valence-electron chi connectivity index (χ4n) is 3.57. The van der Waals surface area contributed by atoms with Crippen molar-refractivity contribution in [1.29, 1.82) is 0 Å². The van der Waals surface area contributed by atoms with Crippen LogP contribution < -0.4 is 10.6 Å². The first-order valence-corrected chi connectivity index (χ1v) is 9.98. The van der Waals surface area contributed by atoms with Gasteiger partial charge in [-0.1, -0.05) is 29.8 Å². The van der Waals surface area contributed by atoms with E-state index < -0.39 is 6.04 Å². The fraction of sp³-hybridized carbons (Fsp3) is 0.227. The van der Waals surface area contributed by atoms with E-state index >= 15 is 0 Å². The van der Waals surface area contributed by atoms with Crippen molar-refractivity contribution in [3.8, 4) is 11.1 Å². The summed E-state index contributed by atoms with van der Waals surface area (Å²) in [7, 11) is 1.54. The molecule has 1 aliphatic heterocycles. The lowest BCUT2D eigenvalue weighted by Crippen LogP contribution is -2.24. The molecule has 2 amide bonds. The molecule has 31 heavy (non-hydrogen) atoms. The van der Waals surface area contributed by atoms with Crippen molar-refractivity contribution in [2.45, 2.75) is 26.0 Å². The Bertz CT molecular complexity index is 1160. The van der Waals surface area contributed by atoms with Crippen molar-refractivity contribution in [1.82, 2.24) is 9.78 Å². The van der Waals surface area contributed by atoms with Crippen molar-refractivity contribution in [3.63, 3.8) is 0 Å². The highest BCUT2D eigenvalue weighted by Crippen LogP contribution is 2.39. The van der Waals surface area contributed by atoms with E-state index in [1.807, 2.05) is 13.0 Å². The number of fused-ring (bicyclic) bond motifs is 1. The number of aryl methyl sites for hydroxylation is 1. The van der Waals surface area contributed by atoms with Gasteiger partial charge in [-0.05, 0) is 42.3 Å². The van der Waals surface area contributed by atoms with Gasteiger partial charge >= 0.3 is 0 Å². The molecular weight excluding hydrogens is 423 g/mol. The Morgan fingerprint density at radius 2 is 2.03 bits per heavy atom. The molecule has 9 heteroatoms. The summed E-state index contributed by atoms with van der Waals surface area (Å²) in [4.78, 5) is 25.3. The Morgan fingerprint density at radius 3 is 2.71 bits per heavy atom. The molecule has 2 heterocycles. The highest BCUT2D eigenvalue weighted by molar-refractivity contribution is 6.33. The van der Waals surface area contributed by atoms with E-state index in [-0.39, 0.29) is 30.7 Å². The van der Waals surface area contributed by atoms with Crippen molar-refractivity contribution < 1.29 is 18.7 Å². The minimum absolute atomic E-state index is 0.125. The van der Waals surface area contributed by atoms with Crippen LogP contribution >= 0.6 is 11.6 Å². The van der Waals surface area contributed by atoms with Gasteiger partial charge in [-0.25, -0.2) is 9.07 Å². The number of nitrogens with one attached hydrogen (secondary N) is 2. The van der Waals surface area contributed by atoms with E-state index in [0.717, 1.165) is 5.56 Å². The fourth-order valence-corrected chi connectivity index (χ4v) is 3.86. The molecule has 4 rings (SSSR count). The van der Waals surface area contributed by atoms with Gasteiger partial charge in [0.15, 0.2) is 0 Å². The third-order valence-electron chi connectivity index (χ3n) is 5.01. The summed E-state index contributed by atoms with van der Waals surface area (Å²) in [6, 6.07) is 10.4. The maximum atomic E-state index is 13.4. The normalized spacial score (nSPS) is 15.0. The zero-order chi connectivity index (χ0) is 22.1. The second kappa shape index (κ2) is 8.49. The van der Waals surface area contributed by atoms with Gasteiger partial charge in [-0.15, -0.1) is 0 Å². The van der Waals surface area contributed by atoms with Gasteiger partial charge in [0.05, 0.1) is 29.4 Å². The number of amides is 2. The Hall–Kier alpha value is -3.23. The Morgan fingerprint density at radius 1 is 1.29 bits per heavy atom. The van der Waals surface area contributed by atoms with Crippen LogP contribution in [0.1, 0.15) is 23.7 Å². The number of aromatic nitrogens is 2. The quantitative estimate of drug-likeness (QED) is 0.595. The number of hydrogen-bond donors (Lipinski definition) is 2. The summed E-state index contributed by atoms with van der Waals surface area (Å²) in [6.07, 6.45) is -0.125. The summed E-state index contributed by atoms with van der Waals surface area (Å²) in [5.41, 5.74) is 3.35. The molecule has 7 nitrogen and oxygen atoms in total. The molecule has 3 aromatic rings. The number of methoxy groups -OCH3 is 1. The second-order valence-corrected chi connectivity index (χ2v) is 7.70. The molecule has 0 fully saturated rings. The van der Waals surface area contributed by atoms with E-state index in [2.05, 4.69) is 15.7 Å². The molecule has 0 aliphatic carbocycles. The molecule has 2 N–H and O–H groups in total. The number of hydrogen-bond acceptors (Lipinski definition) is 4. The lowest BCUT2D eigenvalue weighted by molar-refractivity contribution is -0.123. The van der Waals surface area contributed by atoms with Crippen molar-refractivity contribution in [2.24, 2.45) is 0 Å². The summed E-state index contributed by atoms with van der Waals surface area (Å²) < 4.78 is 20.1. The van der Waals surface area contributed by atoms with Gasteiger partial charge in [-0.2, -0.15) is 5.10 Å². The zero-order valence-electron chi connectivity index (χ0n) is 16.9. The van der Waals surface area contributed by atoms with Crippen LogP contribution in [-0.2, 0) is 20.9 Å². The Balaban J connectivity index is 1.62. The van der Waals surface area contributed by atoms with Gasteiger partial charge in [0.25, 0.3) is 5.91 Å². The van der Waals surface area contributed by atoms with Gasteiger partial charge in [0.1, 0.15) is 17.7 Å². The van der Waals surface area contributed by atoms with Gasteiger partial charge in [-0.3, -0.25) is 9.59 Å². The van der Waals surface area contributed by atoms with E-state index in [1.165, 1.54) is 23.9 Å². The van der Waals surface area contributed by atoms with Crippen molar-refractivity contribution >= 4 is 34.9 Å². The molecule has 1 unspecified atom stereocenters. The third-order valence-corrected chi connectivity index (χ3v) is 5.33. The minimum Gasteiger partial charge on any atom is -0.378 e. The van der Waals surface area contributed by atoms with Crippen molar-refractivity contribution in [2.75, 3.05) is 17.7 Å². The first-order chi connectivity index (χ1) is 14.9. The van der Waals surface area contributed by atoms with Crippen molar-refractivity contribution in [3.05, 3.63) is 64.6 Å². The zero-order valence-corrected chi connectivity index (χ0v) is 17.7. The number of nitrogens with zero attached hydrogens (tertiary/aromatic N) is 2. The number of halogens is 2. The Labute approximate surface area is 183 Å². The summed E-state index contributed by atoms with van der Waals surface area (Å²) in [5.74, 6) is -0.630. The van der Waals surface area contributed by atoms with Crippen LogP contribution in [0, 0.1) is 12.7 Å². The van der Waals surface area contributed by atoms with Crippen LogP contribution in [0.2, 0.25) is 5.02 Å². The first-order valence-electron chi connectivity index (χ1n) is 9.60. The maximum Gasteiger partial charge on any atom is 0.251 e. The average Bonchev–Trinajstić information content (AvgIpc) is 3.20. The minimum atomic E-state index is -0.830. The summed E-state index contributed by atoms with van der Waals surface area (Å²) in [6.45, 7) is 2.09. The maximum absolute atomic E-state index is 13.4. The Kier molecular flexibility index (Phi) is 5.75. The molecule has 0 spiro atoms. The highest BCUT2D eigenvalue weighted by atomic mass is 35.5. The summed E-state index contributed by atoms with van der Waals surface area (Å²) in [5, 5.41) is 10.5. The molecule has 160 valence electrons. The van der Waals surface area contributed by atoms with Crippen LogP contribution in [0.15, 0.2) is 42.5 Å². The summed E-state index contributed by atoms with van der Waals surface area (Å²) >= 11 is 6.19. The van der Waals surface area contributed by atoms with Crippen LogP contribution in [0.4, 0.5) is 15.9 Å². The SMILES string of the molecule is COCc1nn2c(c1-c1ccc(F)cc1)NC(=O)C2CC(=O)Nc1ccc(C)cc1Cl. The van der Waals surface area contributed by atoms with Gasteiger partial charge < -0.3 is 15.4 Å². The third kappa shape index (κ3) is 4.17. The predicted molar refractivity (Wildman–Crippen MR) is 115 cm³/mol. The molecule has 2 aromatic carbocycles. The van der Waals surface area contributed by atoms with E-state index in [0.29, 0.717) is 33.3 Å². The van der Waals surface area contributed by atoms with Crippen LogP contribution in [0.5, 0.6) is 0 Å². The molecule has 0 radical (unpaired) electrons. The molecular formula is C22H20ClFN4O3. The lowest BCUT2D eigenvalue weighted by Gasteiger charge is -2.11. The second-order valence-electron chi connectivity index (χ2n) is 7.30. The van der Waals surface area contributed by atoms with Crippen LogP contribution in [0.25, 0.3) is 11.1 Å². The molecule has 0 bridgehead atoms. The first kappa shape index (κ1) is 21.0. The van der Waals surface area contributed by atoms with Crippen LogP contribution in [0.3, 0.4) is 0 Å². The smallest absolute Gasteiger partial charge is 0.251 e. The molecule has 1 atom stereocenters. The number of carbonyl (C=O) groups is 2. The molecule has 0 saturated carbocycles. The number of benzene rings is 2. The molecule has 1 aromatic heterocycles. The van der Waals surface area contributed by atoms with E-state index in [4.69, 9.17) is 16.3 Å². The van der Waals surface area contributed by atoms with Crippen LogP contribution in [-0.4, -0.2) is 28.7 Å². The highest BCUT2D eigenvalue weighted by Gasteiger charge is 2.37.